The summed E-state index contributed by atoms with van der Waals surface area (Å²) in [5.41, 5.74) is 6.15. The van der Waals surface area contributed by atoms with E-state index in [1.54, 1.807) is 6.07 Å². The SMILES string of the molecule is NC(=NN=Cc1ccccc1[N+](=O)[O-])S[C@H]1CC(=O)N(c2ccc(C(=O)O)cc2)C1=O. The summed E-state index contributed by atoms with van der Waals surface area (Å²) in [7, 11) is 0. The van der Waals surface area contributed by atoms with Crippen LogP contribution in [0.2, 0.25) is 0 Å². The summed E-state index contributed by atoms with van der Waals surface area (Å²) in [5, 5.41) is 26.5. The Bertz CT molecular complexity index is 1120. The molecule has 0 saturated carbocycles. The van der Waals surface area contributed by atoms with Crippen LogP contribution in [0.3, 0.4) is 0 Å². The summed E-state index contributed by atoms with van der Waals surface area (Å²) in [6.07, 6.45) is 1.05. The molecule has 1 atom stereocenters. The van der Waals surface area contributed by atoms with Crippen molar-refractivity contribution in [1.82, 2.24) is 0 Å². The number of para-hydroxylation sites is 1. The lowest BCUT2D eigenvalue weighted by Crippen LogP contribution is -2.31. The van der Waals surface area contributed by atoms with Gasteiger partial charge in [0, 0.05) is 12.5 Å². The van der Waals surface area contributed by atoms with Crippen molar-refractivity contribution in [2.75, 3.05) is 4.90 Å². The molecule has 1 saturated heterocycles. The summed E-state index contributed by atoms with van der Waals surface area (Å²) in [4.78, 5) is 47.3. The van der Waals surface area contributed by atoms with Crippen LogP contribution in [0.5, 0.6) is 0 Å². The first-order valence-electron chi connectivity index (χ1n) is 8.74. The number of nitrogens with zero attached hydrogens (tertiary/aromatic N) is 4. The molecule has 2 aromatic carbocycles. The van der Waals surface area contributed by atoms with Gasteiger partial charge in [0.25, 0.3) is 5.69 Å². The molecule has 2 aromatic rings. The van der Waals surface area contributed by atoms with Gasteiger partial charge in [0.05, 0.1) is 28.0 Å². The van der Waals surface area contributed by atoms with E-state index in [0.717, 1.165) is 16.7 Å². The van der Waals surface area contributed by atoms with E-state index in [0.29, 0.717) is 0 Å². The highest BCUT2D eigenvalue weighted by Crippen LogP contribution is 2.30. The van der Waals surface area contributed by atoms with Gasteiger partial charge < -0.3 is 10.8 Å². The number of carbonyl (C=O) groups is 3. The van der Waals surface area contributed by atoms with Crippen LogP contribution in [0.25, 0.3) is 0 Å². The van der Waals surface area contributed by atoms with E-state index in [4.69, 9.17) is 10.8 Å². The third-order valence-electron chi connectivity index (χ3n) is 4.23. The Morgan fingerprint density at radius 3 is 2.55 bits per heavy atom. The minimum Gasteiger partial charge on any atom is -0.478 e. The fraction of sp³-hybridized carbons (Fsp3) is 0.105. The number of imide groups is 1. The Balaban J connectivity index is 1.69. The maximum Gasteiger partial charge on any atom is 0.335 e. The molecule has 31 heavy (non-hydrogen) atoms. The van der Waals surface area contributed by atoms with Gasteiger partial charge >= 0.3 is 5.97 Å². The number of anilines is 1. The van der Waals surface area contributed by atoms with Crippen LogP contribution in [-0.2, 0) is 9.59 Å². The zero-order valence-electron chi connectivity index (χ0n) is 15.7. The molecule has 1 fully saturated rings. The Kier molecular flexibility index (Phi) is 6.40. The van der Waals surface area contributed by atoms with Crippen LogP contribution in [-0.4, -0.2) is 44.4 Å². The number of hydrogen-bond donors (Lipinski definition) is 2. The maximum atomic E-state index is 12.6. The predicted octanol–water partition coefficient (Wildman–Crippen LogP) is 2.01. The molecule has 0 aliphatic carbocycles. The first-order valence-corrected chi connectivity index (χ1v) is 9.62. The second-order valence-electron chi connectivity index (χ2n) is 6.23. The zero-order valence-corrected chi connectivity index (χ0v) is 16.6. The molecule has 0 unspecified atom stereocenters. The van der Waals surface area contributed by atoms with Crippen molar-refractivity contribution in [3.05, 3.63) is 69.8 Å². The van der Waals surface area contributed by atoms with Crippen LogP contribution in [0, 0.1) is 10.1 Å². The van der Waals surface area contributed by atoms with Crippen LogP contribution >= 0.6 is 11.8 Å². The van der Waals surface area contributed by atoms with Crippen LogP contribution in [0.1, 0.15) is 22.3 Å². The number of thioether (sulfide) groups is 1. The molecule has 0 bridgehead atoms. The van der Waals surface area contributed by atoms with E-state index in [1.807, 2.05) is 0 Å². The Morgan fingerprint density at radius 1 is 1.23 bits per heavy atom. The number of amides is 2. The molecule has 2 amide bonds. The lowest BCUT2D eigenvalue weighted by molar-refractivity contribution is -0.385. The molecule has 11 nitrogen and oxygen atoms in total. The fourth-order valence-corrected chi connectivity index (χ4v) is 3.62. The van der Waals surface area contributed by atoms with Gasteiger partial charge in [-0.05, 0) is 30.3 Å². The van der Waals surface area contributed by atoms with Crippen molar-refractivity contribution in [2.24, 2.45) is 15.9 Å². The minimum absolute atomic E-state index is 0.0293. The van der Waals surface area contributed by atoms with Crippen molar-refractivity contribution < 1.29 is 24.4 Å². The molecule has 0 radical (unpaired) electrons. The van der Waals surface area contributed by atoms with E-state index >= 15 is 0 Å². The van der Waals surface area contributed by atoms with Crippen LogP contribution in [0.15, 0.2) is 58.7 Å². The first-order chi connectivity index (χ1) is 14.8. The molecule has 3 N–H and O–H groups in total. The molecule has 0 aromatic heterocycles. The molecular weight excluding hydrogens is 426 g/mol. The molecule has 12 heteroatoms. The van der Waals surface area contributed by atoms with Gasteiger partial charge in [0.1, 0.15) is 5.25 Å². The minimum atomic E-state index is -1.12. The highest BCUT2D eigenvalue weighted by Gasteiger charge is 2.40. The molecule has 3 rings (SSSR count). The number of nitrogens with two attached hydrogens (primary N) is 1. The summed E-state index contributed by atoms with van der Waals surface area (Å²) >= 11 is 0.845. The normalized spacial score (nSPS) is 16.8. The quantitative estimate of drug-likeness (QED) is 0.225. The summed E-state index contributed by atoms with van der Waals surface area (Å²) in [6.45, 7) is 0. The molecular formula is C19H15N5O6S. The second kappa shape index (κ2) is 9.17. The number of hydrogen-bond acceptors (Lipinski definition) is 8. The average molecular weight is 441 g/mol. The highest BCUT2D eigenvalue weighted by atomic mass is 32.2. The third-order valence-corrected chi connectivity index (χ3v) is 5.20. The van der Waals surface area contributed by atoms with Gasteiger partial charge in [0.2, 0.25) is 11.8 Å². The van der Waals surface area contributed by atoms with Crippen LogP contribution in [0.4, 0.5) is 11.4 Å². The largest absolute Gasteiger partial charge is 0.478 e. The number of carbonyl (C=O) groups excluding carboxylic acids is 2. The number of nitro groups is 1. The average Bonchev–Trinajstić information content (AvgIpc) is 3.01. The smallest absolute Gasteiger partial charge is 0.335 e. The number of benzene rings is 2. The van der Waals surface area contributed by atoms with E-state index in [2.05, 4.69) is 10.2 Å². The number of nitro benzene ring substituents is 1. The van der Waals surface area contributed by atoms with E-state index in [-0.39, 0.29) is 34.1 Å². The van der Waals surface area contributed by atoms with Gasteiger partial charge in [-0.1, -0.05) is 23.9 Å². The van der Waals surface area contributed by atoms with Gasteiger partial charge in [-0.2, -0.15) is 5.10 Å². The second-order valence-corrected chi connectivity index (χ2v) is 7.45. The number of rotatable bonds is 6. The van der Waals surface area contributed by atoms with E-state index < -0.39 is 28.0 Å². The maximum absolute atomic E-state index is 12.6. The van der Waals surface area contributed by atoms with Crippen molar-refractivity contribution in [3.63, 3.8) is 0 Å². The number of carboxylic acids is 1. The lowest BCUT2D eigenvalue weighted by atomic mass is 10.2. The molecule has 1 aliphatic rings. The standard InChI is InChI=1S/C19H15N5O6S/c20-19(22-21-10-12-3-1-2-4-14(12)24(29)30)31-15-9-16(25)23(17(15)26)13-7-5-11(6-8-13)18(27)28/h1-8,10,15H,9H2,(H2,20,22)(H,27,28)/t15-/m0/s1. The summed E-state index contributed by atoms with van der Waals surface area (Å²) in [5.74, 6) is -2.09. The Labute approximate surface area is 179 Å². The number of amidine groups is 1. The van der Waals surface area contributed by atoms with Crippen molar-refractivity contribution in [1.29, 1.82) is 0 Å². The van der Waals surface area contributed by atoms with Crippen molar-refractivity contribution in [3.8, 4) is 0 Å². The Hall–Kier alpha value is -4.06. The number of carboxylic acid groups (broad SMARTS) is 1. The highest BCUT2D eigenvalue weighted by molar-refractivity contribution is 8.14. The van der Waals surface area contributed by atoms with Crippen molar-refractivity contribution in [2.45, 2.75) is 11.7 Å². The zero-order chi connectivity index (χ0) is 22.5. The van der Waals surface area contributed by atoms with Gasteiger partial charge in [-0.25, -0.2) is 9.69 Å². The van der Waals surface area contributed by atoms with E-state index in [9.17, 15) is 24.5 Å². The molecule has 0 spiro atoms. The van der Waals surface area contributed by atoms with Gasteiger partial charge in [-0.3, -0.25) is 19.7 Å². The molecule has 1 heterocycles. The summed E-state index contributed by atoms with van der Waals surface area (Å²) < 4.78 is 0. The first kappa shape index (κ1) is 21.6. The third kappa shape index (κ3) is 4.93. The molecule has 158 valence electrons. The van der Waals surface area contributed by atoms with E-state index in [1.165, 1.54) is 48.7 Å². The van der Waals surface area contributed by atoms with Gasteiger partial charge in [-0.15, -0.1) is 5.10 Å². The summed E-state index contributed by atoms with van der Waals surface area (Å²) in [6, 6.07) is 11.3. The lowest BCUT2D eigenvalue weighted by Gasteiger charge is -2.14. The van der Waals surface area contributed by atoms with Crippen molar-refractivity contribution >= 4 is 52.3 Å². The number of aromatic carboxylic acids is 1. The monoisotopic (exact) mass is 441 g/mol. The fourth-order valence-electron chi connectivity index (χ4n) is 2.80. The van der Waals surface area contributed by atoms with Gasteiger partial charge in [0.15, 0.2) is 5.17 Å². The predicted molar refractivity (Wildman–Crippen MR) is 114 cm³/mol. The van der Waals surface area contributed by atoms with Crippen LogP contribution < -0.4 is 10.6 Å². The molecule has 1 aliphatic heterocycles. The Morgan fingerprint density at radius 2 is 1.90 bits per heavy atom. The topological polar surface area (TPSA) is 169 Å².